The average molecular weight is 350 g/mol. The maximum atomic E-state index is 12.7. The molecule has 24 heavy (non-hydrogen) atoms. The molecule has 0 N–H and O–H groups in total. The second-order valence-corrected chi connectivity index (χ2v) is 7.52. The van der Waals surface area contributed by atoms with Crippen LogP contribution < -0.4 is 0 Å². The van der Waals surface area contributed by atoms with E-state index in [-0.39, 0.29) is 23.9 Å². The highest BCUT2D eigenvalue weighted by molar-refractivity contribution is 7.89. The van der Waals surface area contributed by atoms with Crippen molar-refractivity contribution < 1.29 is 13.2 Å². The van der Waals surface area contributed by atoms with E-state index in [1.54, 1.807) is 25.7 Å². The first kappa shape index (κ1) is 18.2. The minimum Gasteiger partial charge on any atom is -0.348 e. The van der Waals surface area contributed by atoms with Gasteiger partial charge in [-0.25, -0.2) is 8.42 Å². The molecule has 0 saturated heterocycles. The molecule has 0 atom stereocenters. The lowest BCUT2D eigenvalue weighted by Gasteiger charge is -2.20. The van der Waals surface area contributed by atoms with Crippen LogP contribution >= 0.6 is 0 Å². The highest BCUT2D eigenvalue weighted by Gasteiger charge is 2.27. The van der Waals surface area contributed by atoms with E-state index in [4.69, 9.17) is 0 Å². The van der Waals surface area contributed by atoms with Gasteiger partial charge in [-0.1, -0.05) is 37.3 Å². The number of carbonyl (C=O) groups excluding carboxylic acids is 1. The molecule has 0 unspecified atom stereocenters. The van der Waals surface area contributed by atoms with E-state index in [0.717, 1.165) is 9.87 Å². The van der Waals surface area contributed by atoms with Crippen LogP contribution in [0.15, 0.2) is 47.6 Å². The standard InChI is InChI=1S/C16H22N4O3S/c1-4-20(13-16(21)18(2)3)24(22,23)15-10-17-19(12-15)11-14-8-6-5-7-9-14/h5-10,12H,4,11,13H2,1-3H3. The van der Waals surface area contributed by atoms with Crippen molar-refractivity contribution in [2.75, 3.05) is 27.2 Å². The van der Waals surface area contributed by atoms with Crippen molar-refractivity contribution in [2.45, 2.75) is 18.4 Å². The van der Waals surface area contributed by atoms with Gasteiger partial charge in [0.2, 0.25) is 15.9 Å². The van der Waals surface area contributed by atoms with E-state index in [1.807, 2.05) is 30.3 Å². The molecule has 1 aromatic heterocycles. The Bertz CT molecular complexity index is 785. The summed E-state index contributed by atoms with van der Waals surface area (Å²) in [5, 5.41) is 4.12. The predicted octanol–water partition coefficient (Wildman–Crippen LogP) is 1.03. The molecule has 0 aliphatic rings. The van der Waals surface area contributed by atoms with E-state index in [1.165, 1.54) is 17.3 Å². The number of nitrogens with zero attached hydrogens (tertiary/aromatic N) is 4. The lowest BCUT2D eigenvalue weighted by Crippen LogP contribution is -2.40. The van der Waals surface area contributed by atoms with Gasteiger partial charge in [0.05, 0.1) is 19.3 Å². The Morgan fingerprint density at radius 3 is 2.46 bits per heavy atom. The molecule has 0 spiro atoms. The van der Waals surface area contributed by atoms with E-state index in [2.05, 4.69) is 5.10 Å². The van der Waals surface area contributed by atoms with Crippen LogP contribution in [-0.2, 0) is 21.4 Å². The zero-order valence-electron chi connectivity index (χ0n) is 14.1. The van der Waals surface area contributed by atoms with Crippen LogP contribution in [0, 0.1) is 0 Å². The Hall–Kier alpha value is -2.19. The third-order valence-corrected chi connectivity index (χ3v) is 5.47. The fourth-order valence-corrected chi connectivity index (χ4v) is 3.50. The van der Waals surface area contributed by atoms with Crippen LogP contribution in [0.4, 0.5) is 0 Å². The minimum absolute atomic E-state index is 0.0897. The van der Waals surface area contributed by atoms with Crippen LogP contribution in [0.5, 0.6) is 0 Å². The Balaban J connectivity index is 2.18. The first-order valence-electron chi connectivity index (χ1n) is 7.61. The Kier molecular flexibility index (Phi) is 5.74. The van der Waals surface area contributed by atoms with Gasteiger partial charge in [0, 0.05) is 26.8 Å². The molecule has 1 aromatic carbocycles. The number of sulfonamides is 1. The van der Waals surface area contributed by atoms with Crippen LogP contribution in [0.1, 0.15) is 12.5 Å². The van der Waals surface area contributed by atoms with Crippen molar-refractivity contribution in [3.63, 3.8) is 0 Å². The van der Waals surface area contributed by atoms with Crippen LogP contribution in [0.25, 0.3) is 0 Å². The van der Waals surface area contributed by atoms with Crippen molar-refractivity contribution in [3.8, 4) is 0 Å². The van der Waals surface area contributed by atoms with Gasteiger partial charge < -0.3 is 4.90 Å². The van der Waals surface area contributed by atoms with Gasteiger partial charge >= 0.3 is 0 Å². The third kappa shape index (κ3) is 4.21. The summed E-state index contributed by atoms with van der Waals surface area (Å²) < 4.78 is 28.1. The fourth-order valence-electron chi connectivity index (χ4n) is 2.14. The fraction of sp³-hybridized carbons (Fsp3) is 0.375. The summed E-state index contributed by atoms with van der Waals surface area (Å²) in [6.45, 7) is 2.22. The smallest absolute Gasteiger partial charge is 0.246 e. The molecule has 130 valence electrons. The SMILES string of the molecule is CCN(CC(=O)N(C)C)S(=O)(=O)c1cnn(Cc2ccccc2)c1. The summed E-state index contributed by atoms with van der Waals surface area (Å²) in [6.07, 6.45) is 2.81. The van der Waals surface area contributed by atoms with Gasteiger partial charge in [0.15, 0.2) is 0 Å². The molecule has 7 nitrogen and oxygen atoms in total. The molecule has 0 fully saturated rings. The summed E-state index contributed by atoms with van der Waals surface area (Å²) in [6, 6.07) is 9.65. The molecular formula is C16H22N4O3S. The van der Waals surface area contributed by atoms with Gasteiger partial charge in [-0.2, -0.15) is 9.40 Å². The molecule has 8 heteroatoms. The molecule has 0 aliphatic carbocycles. The van der Waals surface area contributed by atoms with Crippen LogP contribution in [0.2, 0.25) is 0 Å². The van der Waals surface area contributed by atoms with Crippen molar-refractivity contribution in [3.05, 3.63) is 48.3 Å². The molecule has 1 amide bonds. The molecule has 0 bridgehead atoms. The summed E-state index contributed by atoms with van der Waals surface area (Å²) in [5.41, 5.74) is 1.03. The summed E-state index contributed by atoms with van der Waals surface area (Å²) in [7, 11) is -0.553. The zero-order chi connectivity index (χ0) is 17.7. The van der Waals surface area contributed by atoms with Crippen molar-refractivity contribution >= 4 is 15.9 Å². The van der Waals surface area contributed by atoms with Gasteiger partial charge in [-0.05, 0) is 5.56 Å². The van der Waals surface area contributed by atoms with Crippen LogP contribution in [0.3, 0.4) is 0 Å². The van der Waals surface area contributed by atoms with Crippen molar-refractivity contribution in [1.29, 1.82) is 0 Å². The molecule has 1 heterocycles. The molecule has 0 saturated carbocycles. The van der Waals surface area contributed by atoms with Crippen molar-refractivity contribution in [2.24, 2.45) is 0 Å². The number of rotatable bonds is 7. The highest BCUT2D eigenvalue weighted by Crippen LogP contribution is 2.15. The van der Waals surface area contributed by atoms with E-state index in [0.29, 0.717) is 6.54 Å². The maximum absolute atomic E-state index is 12.7. The lowest BCUT2D eigenvalue weighted by atomic mass is 10.2. The number of hydrogen-bond acceptors (Lipinski definition) is 4. The summed E-state index contributed by atoms with van der Waals surface area (Å²) in [4.78, 5) is 13.3. The largest absolute Gasteiger partial charge is 0.348 e. The van der Waals surface area contributed by atoms with Gasteiger partial charge in [0.25, 0.3) is 0 Å². The molecular weight excluding hydrogens is 328 g/mol. The minimum atomic E-state index is -3.75. The summed E-state index contributed by atoms with van der Waals surface area (Å²) >= 11 is 0. The maximum Gasteiger partial charge on any atom is 0.246 e. The number of aromatic nitrogens is 2. The number of benzene rings is 1. The normalized spacial score (nSPS) is 11.7. The zero-order valence-corrected chi connectivity index (χ0v) is 14.9. The highest BCUT2D eigenvalue weighted by atomic mass is 32.2. The van der Waals surface area contributed by atoms with Gasteiger partial charge in [0.1, 0.15) is 4.90 Å². The van der Waals surface area contributed by atoms with E-state index >= 15 is 0 Å². The summed E-state index contributed by atoms with van der Waals surface area (Å²) in [5.74, 6) is -0.267. The molecule has 0 aliphatic heterocycles. The molecule has 2 rings (SSSR count). The number of hydrogen-bond donors (Lipinski definition) is 0. The average Bonchev–Trinajstić information content (AvgIpc) is 3.02. The number of carbonyl (C=O) groups is 1. The van der Waals surface area contributed by atoms with Gasteiger partial charge in [-0.3, -0.25) is 9.48 Å². The Morgan fingerprint density at radius 1 is 1.21 bits per heavy atom. The quantitative estimate of drug-likeness (QED) is 0.747. The van der Waals surface area contributed by atoms with E-state index in [9.17, 15) is 13.2 Å². The van der Waals surface area contributed by atoms with E-state index < -0.39 is 10.0 Å². The lowest BCUT2D eigenvalue weighted by molar-refractivity contribution is -0.128. The first-order valence-corrected chi connectivity index (χ1v) is 9.05. The second-order valence-electron chi connectivity index (χ2n) is 5.58. The first-order chi connectivity index (χ1) is 11.3. The van der Waals surface area contributed by atoms with Gasteiger partial charge in [-0.15, -0.1) is 0 Å². The molecule has 2 aromatic rings. The van der Waals surface area contributed by atoms with Crippen molar-refractivity contribution in [1.82, 2.24) is 19.0 Å². The number of amides is 1. The monoisotopic (exact) mass is 350 g/mol. The Morgan fingerprint density at radius 2 is 1.88 bits per heavy atom. The van der Waals surface area contributed by atoms with Crippen LogP contribution in [-0.4, -0.2) is 60.5 Å². The topological polar surface area (TPSA) is 75.5 Å². The predicted molar refractivity (Wildman–Crippen MR) is 90.9 cm³/mol. The Labute approximate surface area is 142 Å². The molecule has 0 radical (unpaired) electrons. The third-order valence-electron chi connectivity index (χ3n) is 3.60. The second kappa shape index (κ2) is 7.59. The number of likely N-dealkylation sites (N-methyl/N-ethyl adjacent to an activating group) is 2.